The van der Waals surface area contributed by atoms with E-state index in [0.29, 0.717) is 30.6 Å². The van der Waals surface area contributed by atoms with Crippen molar-refractivity contribution in [2.45, 2.75) is 44.9 Å². The molecule has 4 heteroatoms. The van der Waals surface area contributed by atoms with Crippen LogP contribution >= 0.6 is 0 Å². The monoisotopic (exact) mass is 450 g/mol. The van der Waals surface area contributed by atoms with Gasteiger partial charge in [0, 0.05) is 7.11 Å². The smallest absolute Gasteiger partial charge is 0.145 e. The minimum Gasteiger partial charge on any atom is -0.491 e. The summed E-state index contributed by atoms with van der Waals surface area (Å²) in [6.07, 6.45) is 8.66. The number of rotatable bonds is 10. The molecule has 0 heterocycles. The largest absolute Gasteiger partial charge is 0.491 e. The van der Waals surface area contributed by atoms with Gasteiger partial charge in [0.2, 0.25) is 0 Å². The molecule has 1 aliphatic rings. The van der Waals surface area contributed by atoms with Gasteiger partial charge in [0.1, 0.15) is 18.6 Å². The van der Waals surface area contributed by atoms with Crippen LogP contribution < -0.4 is 4.74 Å². The van der Waals surface area contributed by atoms with Crippen LogP contribution in [0.15, 0.2) is 67.3 Å². The van der Waals surface area contributed by atoms with Crippen molar-refractivity contribution in [1.82, 2.24) is 0 Å². The van der Waals surface area contributed by atoms with Gasteiger partial charge in [0.25, 0.3) is 0 Å². The molecule has 1 N–H and O–H groups in total. The van der Waals surface area contributed by atoms with E-state index in [0.717, 1.165) is 24.0 Å². The predicted octanol–water partition coefficient (Wildman–Crippen LogP) is 6.13. The van der Waals surface area contributed by atoms with E-state index < -0.39 is 0 Å². The zero-order valence-corrected chi connectivity index (χ0v) is 20.1. The maximum atomic E-state index is 9.41. The van der Waals surface area contributed by atoms with Gasteiger partial charge >= 0.3 is 0 Å². The van der Waals surface area contributed by atoms with E-state index in [1.165, 1.54) is 42.4 Å². The number of allylic oxidation sites excluding steroid dienone is 2. The van der Waals surface area contributed by atoms with Crippen LogP contribution in [0.2, 0.25) is 0 Å². The van der Waals surface area contributed by atoms with Gasteiger partial charge in [0.05, 0.1) is 13.2 Å². The van der Waals surface area contributed by atoms with Crippen molar-refractivity contribution in [2.24, 2.45) is 5.92 Å². The molecule has 0 amide bonds. The second-order valence-electron chi connectivity index (χ2n) is 8.57. The second kappa shape index (κ2) is 14.5. The number of benzene rings is 2. The molecule has 4 nitrogen and oxygen atoms in total. The van der Waals surface area contributed by atoms with Crippen molar-refractivity contribution < 1.29 is 19.4 Å². The average Bonchev–Trinajstić information content (AvgIpc) is 2.87. The Morgan fingerprint density at radius 2 is 1.70 bits per heavy atom. The summed E-state index contributed by atoms with van der Waals surface area (Å²) < 4.78 is 10.9. The third-order valence-corrected chi connectivity index (χ3v) is 6.01. The lowest BCUT2D eigenvalue weighted by atomic mass is 9.78. The Bertz CT molecular complexity index is 877. The third kappa shape index (κ3) is 8.64. The Labute approximate surface area is 198 Å². The van der Waals surface area contributed by atoms with E-state index in [4.69, 9.17) is 14.6 Å². The highest BCUT2D eigenvalue weighted by Gasteiger charge is 2.20. The Balaban J connectivity index is 0.000000696. The summed E-state index contributed by atoms with van der Waals surface area (Å²) in [6, 6.07) is 15.3. The van der Waals surface area contributed by atoms with Crippen molar-refractivity contribution >= 4 is 6.29 Å². The zero-order chi connectivity index (χ0) is 24.1. The summed E-state index contributed by atoms with van der Waals surface area (Å²) in [5, 5.41) is 9.03. The molecule has 0 saturated heterocycles. The highest BCUT2D eigenvalue weighted by atomic mass is 16.5. The minimum absolute atomic E-state index is 0.0155. The van der Waals surface area contributed by atoms with Gasteiger partial charge in [-0.1, -0.05) is 43.0 Å². The molecule has 0 bridgehead atoms. The molecule has 0 unspecified atom stereocenters. The van der Waals surface area contributed by atoms with Crippen LogP contribution in [-0.4, -0.2) is 38.3 Å². The summed E-state index contributed by atoms with van der Waals surface area (Å²) >= 11 is 0. The molecule has 0 spiro atoms. The maximum Gasteiger partial charge on any atom is 0.145 e. The van der Waals surface area contributed by atoms with Gasteiger partial charge in [-0.15, -0.1) is 6.58 Å². The van der Waals surface area contributed by atoms with E-state index in [1.807, 2.05) is 6.07 Å². The van der Waals surface area contributed by atoms with E-state index in [-0.39, 0.29) is 6.61 Å². The van der Waals surface area contributed by atoms with Gasteiger partial charge in [-0.2, -0.15) is 0 Å². The van der Waals surface area contributed by atoms with Crippen molar-refractivity contribution in [2.75, 3.05) is 26.9 Å². The molecule has 1 aliphatic carbocycles. The molecule has 1 saturated carbocycles. The topological polar surface area (TPSA) is 55.8 Å². The molecule has 0 radical (unpaired) electrons. The summed E-state index contributed by atoms with van der Waals surface area (Å²) in [6.45, 7) is 9.88. The Morgan fingerprint density at radius 1 is 1.06 bits per heavy atom. The maximum absolute atomic E-state index is 9.41. The van der Waals surface area contributed by atoms with Crippen molar-refractivity contribution in [3.05, 3.63) is 78.4 Å². The van der Waals surface area contributed by atoms with Crippen molar-refractivity contribution in [1.29, 1.82) is 0 Å². The van der Waals surface area contributed by atoms with Crippen LogP contribution in [0, 0.1) is 5.92 Å². The minimum atomic E-state index is 0.0155. The molecule has 33 heavy (non-hydrogen) atoms. The Kier molecular flexibility index (Phi) is 11.6. The van der Waals surface area contributed by atoms with Gasteiger partial charge in [-0.05, 0) is 90.8 Å². The fraction of sp³-hybridized carbons (Fsp3) is 0.414. The van der Waals surface area contributed by atoms with E-state index in [1.54, 1.807) is 14.0 Å². The standard InChI is InChI=1S/C25H32O3.C4H6O/c1-3-19-4-6-20(7-5-19)21-8-10-22(11-9-21)23-12-13-25(28-17-15-26)24(18-23)14-16-27-2;1-4(2)3-5/h3,8-13,18-20,26H,1,4-7,14-17H2,2H3;3H,1H2,2H3. The lowest BCUT2D eigenvalue weighted by molar-refractivity contribution is -0.104. The molecule has 0 aliphatic heterocycles. The van der Waals surface area contributed by atoms with Crippen molar-refractivity contribution in [3.8, 4) is 16.9 Å². The van der Waals surface area contributed by atoms with Crippen LogP contribution in [0.4, 0.5) is 0 Å². The number of aldehydes is 1. The van der Waals surface area contributed by atoms with Gasteiger partial charge in [-0.25, -0.2) is 0 Å². The second-order valence-corrected chi connectivity index (χ2v) is 8.57. The van der Waals surface area contributed by atoms with E-state index >= 15 is 0 Å². The van der Waals surface area contributed by atoms with Gasteiger partial charge in [0.15, 0.2) is 0 Å². The first-order valence-corrected chi connectivity index (χ1v) is 11.7. The zero-order valence-electron chi connectivity index (χ0n) is 20.1. The summed E-state index contributed by atoms with van der Waals surface area (Å²) in [4.78, 5) is 9.41. The normalized spacial score (nSPS) is 17.4. The summed E-state index contributed by atoms with van der Waals surface area (Å²) in [5.41, 5.74) is 5.54. The molecular formula is C29H38O4. The van der Waals surface area contributed by atoms with Crippen LogP contribution in [0.3, 0.4) is 0 Å². The van der Waals surface area contributed by atoms with Gasteiger partial charge < -0.3 is 14.6 Å². The van der Waals surface area contributed by atoms with Crippen LogP contribution in [-0.2, 0) is 16.0 Å². The number of hydrogen-bond donors (Lipinski definition) is 1. The Hall–Kier alpha value is -2.69. The summed E-state index contributed by atoms with van der Waals surface area (Å²) in [5.74, 6) is 2.20. The van der Waals surface area contributed by atoms with E-state index in [9.17, 15) is 4.79 Å². The first-order valence-electron chi connectivity index (χ1n) is 11.7. The molecule has 0 aromatic heterocycles. The molecule has 178 valence electrons. The lowest BCUT2D eigenvalue weighted by Crippen LogP contribution is -2.11. The number of aliphatic hydroxyl groups is 1. The molecule has 3 rings (SSSR count). The third-order valence-electron chi connectivity index (χ3n) is 6.01. The molecule has 0 atom stereocenters. The number of carbonyl (C=O) groups is 1. The van der Waals surface area contributed by atoms with Gasteiger partial charge in [-0.3, -0.25) is 4.79 Å². The van der Waals surface area contributed by atoms with Crippen LogP contribution in [0.5, 0.6) is 5.75 Å². The van der Waals surface area contributed by atoms with E-state index in [2.05, 4.69) is 55.6 Å². The number of hydrogen-bond acceptors (Lipinski definition) is 4. The molecule has 2 aromatic carbocycles. The fourth-order valence-corrected chi connectivity index (χ4v) is 4.10. The molecule has 1 fully saturated rings. The van der Waals surface area contributed by atoms with Crippen LogP contribution in [0.1, 0.15) is 49.7 Å². The number of ether oxygens (including phenoxy) is 2. The number of aliphatic hydroxyl groups excluding tert-OH is 1. The fourth-order valence-electron chi connectivity index (χ4n) is 4.10. The quantitative estimate of drug-likeness (QED) is 0.269. The number of methoxy groups -OCH3 is 1. The Morgan fingerprint density at radius 3 is 2.24 bits per heavy atom. The highest BCUT2D eigenvalue weighted by Crippen LogP contribution is 2.37. The summed E-state index contributed by atoms with van der Waals surface area (Å²) in [7, 11) is 1.71. The number of carbonyl (C=O) groups excluding carboxylic acids is 1. The van der Waals surface area contributed by atoms with Crippen LogP contribution in [0.25, 0.3) is 11.1 Å². The average molecular weight is 451 g/mol. The SMILES string of the molecule is C=C(C)C=O.C=CC1CCC(c2ccc(-c3ccc(OCCO)c(CCOC)c3)cc2)CC1. The first kappa shape index (κ1) is 26.6. The molecule has 2 aromatic rings. The van der Waals surface area contributed by atoms with Crippen molar-refractivity contribution in [3.63, 3.8) is 0 Å². The first-order chi connectivity index (χ1) is 16.0. The lowest BCUT2D eigenvalue weighted by Gasteiger charge is -2.27. The highest BCUT2D eigenvalue weighted by molar-refractivity contribution is 5.70. The predicted molar refractivity (Wildman–Crippen MR) is 136 cm³/mol. The molecular weight excluding hydrogens is 412 g/mol.